The molecule has 1 saturated heterocycles. The minimum Gasteiger partial charge on any atom is -0.416 e. The number of sulfonamides is 1. The van der Waals surface area contributed by atoms with Gasteiger partial charge in [0, 0.05) is 17.9 Å². The van der Waals surface area contributed by atoms with Gasteiger partial charge in [-0.1, -0.05) is 47.6 Å². The second-order valence-corrected chi connectivity index (χ2v) is 19.6. The van der Waals surface area contributed by atoms with Crippen LogP contribution < -0.4 is 0 Å². The smallest absolute Gasteiger partial charge is 0.242 e. The molecule has 190 valence electrons. The molecule has 8 heteroatoms. The van der Waals surface area contributed by atoms with Crippen molar-refractivity contribution in [1.82, 2.24) is 4.31 Å². The topological polar surface area (TPSA) is 83.9 Å². The van der Waals surface area contributed by atoms with Crippen LogP contribution in [0.5, 0.6) is 0 Å². The lowest BCUT2D eigenvalue weighted by Gasteiger charge is -2.39. The van der Waals surface area contributed by atoms with Crippen LogP contribution in [0.4, 0.5) is 0 Å². The molecular weight excluding hydrogens is 454 g/mol. The summed E-state index contributed by atoms with van der Waals surface area (Å²) in [6.07, 6.45) is 3.46. The highest BCUT2D eigenvalue weighted by atomic mass is 32.2. The van der Waals surface area contributed by atoms with Crippen molar-refractivity contribution in [2.24, 2.45) is 28.6 Å². The normalized spacial score (nSPS) is 32.9. The molecule has 6 atom stereocenters. The molecule has 1 N–H and O–H groups in total. The van der Waals surface area contributed by atoms with Crippen LogP contribution in [0.25, 0.3) is 0 Å². The van der Waals surface area contributed by atoms with Crippen molar-refractivity contribution in [3.05, 3.63) is 12.7 Å². The van der Waals surface area contributed by atoms with E-state index in [0.717, 1.165) is 19.3 Å². The predicted octanol–water partition coefficient (Wildman–Crippen LogP) is 4.56. The molecule has 0 unspecified atom stereocenters. The van der Waals surface area contributed by atoms with Crippen molar-refractivity contribution in [2.75, 3.05) is 12.4 Å². The standard InChI is InChI=1S/C25H45NO5SSi/c1-10-11-19(21(27)17(2)15-31-33(8,9)23(3,4)5)22(28)26-20-14-18-12-13-25(20,24(18,6)7)16-32(26,29)30/h10,17-21,27H,1,11-16H2,2-9H3/t17-,18+,19+,20+,21-,25+/m0/s1. The summed E-state index contributed by atoms with van der Waals surface area (Å²) in [5, 5.41) is 11.3. The number of hydrogen-bond donors (Lipinski definition) is 1. The Hall–Kier alpha value is -0.703. The largest absolute Gasteiger partial charge is 0.416 e. The Morgan fingerprint density at radius 3 is 2.45 bits per heavy atom. The summed E-state index contributed by atoms with van der Waals surface area (Å²) in [6.45, 7) is 21.1. The quantitative estimate of drug-likeness (QED) is 0.391. The molecule has 2 aliphatic carbocycles. The van der Waals surface area contributed by atoms with Gasteiger partial charge >= 0.3 is 0 Å². The van der Waals surface area contributed by atoms with Crippen LogP contribution in [0.1, 0.15) is 67.2 Å². The molecular formula is C25H45NO5SSi. The van der Waals surface area contributed by atoms with Gasteiger partial charge in [-0.05, 0) is 55.1 Å². The maximum atomic E-state index is 13.8. The Morgan fingerprint density at radius 2 is 1.94 bits per heavy atom. The molecule has 3 aliphatic rings. The number of aliphatic hydroxyl groups excluding tert-OH is 1. The van der Waals surface area contributed by atoms with Crippen LogP contribution in [-0.2, 0) is 19.2 Å². The first-order chi connectivity index (χ1) is 14.9. The van der Waals surface area contributed by atoms with Crippen molar-refractivity contribution < 1.29 is 22.7 Å². The first-order valence-electron chi connectivity index (χ1n) is 12.4. The van der Waals surface area contributed by atoms with Gasteiger partial charge in [-0.25, -0.2) is 12.7 Å². The molecule has 1 heterocycles. The number of allylic oxidation sites excluding steroid dienone is 1. The van der Waals surface area contributed by atoms with Gasteiger partial charge in [0.15, 0.2) is 8.32 Å². The zero-order valence-corrected chi connectivity index (χ0v) is 23.7. The molecule has 2 bridgehead atoms. The lowest BCUT2D eigenvalue weighted by atomic mass is 9.69. The second-order valence-electron chi connectivity index (χ2n) is 12.9. The van der Waals surface area contributed by atoms with E-state index in [4.69, 9.17) is 4.43 Å². The number of rotatable bonds is 8. The number of hydrogen-bond acceptors (Lipinski definition) is 5. The van der Waals surface area contributed by atoms with Gasteiger partial charge in [-0.2, -0.15) is 0 Å². The number of carbonyl (C=O) groups excluding carboxylic acids is 1. The van der Waals surface area contributed by atoms with Gasteiger partial charge in [0.1, 0.15) is 0 Å². The molecule has 0 aromatic carbocycles. The summed E-state index contributed by atoms with van der Waals surface area (Å²) in [5.41, 5.74) is -0.469. The Bertz CT molecular complexity index is 893. The Balaban J connectivity index is 1.82. The third-order valence-corrected chi connectivity index (χ3v) is 16.3. The number of nitrogens with zero attached hydrogens (tertiary/aromatic N) is 1. The maximum Gasteiger partial charge on any atom is 0.242 e. The van der Waals surface area contributed by atoms with Gasteiger partial charge in [0.2, 0.25) is 15.9 Å². The average molecular weight is 500 g/mol. The SMILES string of the molecule is C=CC[C@@H](C(=O)N1[C@@H]2C[C@H]3CC[C@]2(CS1(=O)=O)C3(C)C)[C@@H](O)[C@@H](C)CO[Si](C)(C)C(C)(C)C. The molecule has 3 rings (SSSR count). The summed E-state index contributed by atoms with van der Waals surface area (Å²) in [7, 11) is -5.73. The summed E-state index contributed by atoms with van der Waals surface area (Å²) in [5.74, 6) is -1.13. The van der Waals surface area contributed by atoms with E-state index in [1.807, 2.05) is 6.92 Å². The highest BCUT2D eigenvalue weighted by Crippen LogP contribution is 2.70. The molecule has 3 fully saturated rings. The number of carbonyl (C=O) groups is 1. The third-order valence-electron chi connectivity index (χ3n) is 9.87. The highest BCUT2D eigenvalue weighted by Gasteiger charge is 2.72. The summed E-state index contributed by atoms with van der Waals surface area (Å²) in [4.78, 5) is 13.8. The van der Waals surface area contributed by atoms with E-state index in [1.165, 1.54) is 4.31 Å². The van der Waals surface area contributed by atoms with Gasteiger partial charge in [-0.3, -0.25) is 4.79 Å². The molecule has 1 aliphatic heterocycles. The minimum atomic E-state index is -3.72. The zero-order valence-electron chi connectivity index (χ0n) is 21.8. The molecule has 0 aromatic rings. The van der Waals surface area contributed by atoms with Crippen molar-refractivity contribution in [3.8, 4) is 0 Å². The fraction of sp³-hybridized carbons (Fsp3) is 0.880. The lowest BCUT2D eigenvalue weighted by molar-refractivity contribution is -0.138. The van der Waals surface area contributed by atoms with Gasteiger partial charge in [0.05, 0.1) is 23.8 Å². The fourth-order valence-corrected chi connectivity index (χ4v) is 10.1. The van der Waals surface area contributed by atoms with Crippen molar-refractivity contribution in [2.45, 2.75) is 97.5 Å². The monoisotopic (exact) mass is 499 g/mol. The van der Waals surface area contributed by atoms with Crippen LogP contribution in [0.15, 0.2) is 12.7 Å². The fourth-order valence-electron chi connectivity index (χ4n) is 6.36. The Morgan fingerprint density at radius 1 is 1.33 bits per heavy atom. The first kappa shape index (κ1) is 26.9. The van der Waals surface area contributed by atoms with Gasteiger partial charge < -0.3 is 9.53 Å². The minimum absolute atomic E-state index is 0.0422. The molecule has 33 heavy (non-hydrogen) atoms. The number of aliphatic hydroxyl groups is 1. The first-order valence-corrected chi connectivity index (χ1v) is 16.9. The maximum absolute atomic E-state index is 13.8. The molecule has 0 aromatic heterocycles. The van der Waals surface area contributed by atoms with E-state index in [2.05, 4.69) is 54.3 Å². The van der Waals surface area contributed by atoms with Crippen molar-refractivity contribution in [3.63, 3.8) is 0 Å². The second kappa shape index (κ2) is 8.45. The van der Waals surface area contributed by atoms with Crippen LogP contribution in [0.3, 0.4) is 0 Å². The summed E-state index contributed by atoms with van der Waals surface area (Å²) >= 11 is 0. The van der Waals surface area contributed by atoms with Gasteiger partial charge in [0.25, 0.3) is 0 Å². The molecule has 6 nitrogen and oxygen atoms in total. The third kappa shape index (κ3) is 4.17. The van der Waals surface area contributed by atoms with Crippen molar-refractivity contribution in [1.29, 1.82) is 0 Å². The number of fused-ring (bicyclic) bond motifs is 1. The van der Waals surface area contributed by atoms with E-state index in [9.17, 15) is 18.3 Å². The summed E-state index contributed by atoms with van der Waals surface area (Å²) < 4.78 is 34.2. The molecule has 2 saturated carbocycles. The Labute approximate surface area is 202 Å². The molecule has 1 amide bonds. The summed E-state index contributed by atoms with van der Waals surface area (Å²) in [6, 6.07) is -0.290. The lowest BCUT2D eigenvalue weighted by Crippen LogP contribution is -2.50. The highest BCUT2D eigenvalue weighted by molar-refractivity contribution is 7.90. The predicted molar refractivity (Wildman–Crippen MR) is 135 cm³/mol. The Kier molecular flexibility index (Phi) is 6.89. The van der Waals surface area contributed by atoms with E-state index >= 15 is 0 Å². The van der Waals surface area contributed by atoms with Crippen LogP contribution >= 0.6 is 0 Å². The molecule has 0 radical (unpaired) electrons. The van der Waals surface area contributed by atoms with Crippen molar-refractivity contribution >= 4 is 24.2 Å². The zero-order chi connectivity index (χ0) is 25.2. The average Bonchev–Trinajstić information content (AvgIpc) is 3.16. The van der Waals surface area contributed by atoms with Gasteiger partial charge in [-0.15, -0.1) is 6.58 Å². The van der Waals surface area contributed by atoms with E-state index in [-0.39, 0.29) is 40.0 Å². The van der Waals surface area contributed by atoms with Crippen LogP contribution in [0.2, 0.25) is 18.1 Å². The number of amides is 1. The van der Waals surface area contributed by atoms with E-state index < -0.39 is 36.3 Å². The molecule has 1 spiro atoms. The van der Waals surface area contributed by atoms with Crippen LogP contribution in [-0.4, -0.2) is 56.6 Å². The van der Waals surface area contributed by atoms with E-state index in [1.54, 1.807) is 6.08 Å². The van der Waals surface area contributed by atoms with E-state index in [0.29, 0.717) is 12.5 Å². The van der Waals surface area contributed by atoms with Crippen LogP contribution in [0, 0.1) is 28.6 Å².